The molecule has 2 amide bonds. The number of nitrogens with one attached hydrogen (secondary N) is 3. The normalized spacial score (nSPS) is 17.0. The lowest BCUT2D eigenvalue weighted by atomic mass is 10.0. The molecule has 2 aromatic rings. The number of H-pyrrole nitrogens is 1. The molecule has 0 atom stereocenters. The number of hydrogen-bond acceptors (Lipinski definition) is 4. The van der Waals surface area contributed by atoms with Crippen LogP contribution in [-0.2, 0) is 4.79 Å². The fourth-order valence-corrected chi connectivity index (χ4v) is 4.82. The van der Waals surface area contributed by atoms with Crippen molar-refractivity contribution in [2.45, 2.75) is 33.1 Å². The van der Waals surface area contributed by atoms with Gasteiger partial charge in [0.2, 0.25) is 0 Å². The highest BCUT2D eigenvalue weighted by molar-refractivity contribution is 9.10. The highest BCUT2D eigenvalue weighted by Gasteiger charge is 2.27. The molecule has 8 heteroatoms. The molecule has 1 fully saturated rings. The average Bonchev–Trinajstić information content (AvgIpc) is 3.44. The summed E-state index contributed by atoms with van der Waals surface area (Å²) in [5.74, 6) is -0.644. The van der Waals surface area contributed by atoms with E-state index in [-0.39, 0.29) is 17.6 Å². The van der Waals surface area contributed by atoms with Gasteiger partial charge in [-0.15, -0.1) is 0 Å². The van der Waals surface area contributed by atoms with E-state index in [0.717, 1.165) is 36.1 Å². The Morgan fingerprint density at radius 3 is 2.72 bits per heavy atom. The molecule has 0 bridgehead atoms. The third kappa shape index (κ3) is 4.56. The Labute approximate surface area is 195 Å². The second-order valence-electron chi connectivity index (χ2n) is 8.33. The molecule has 32 heavy (non-hydrogen) atoms. The third-order valence-electron chi connectivity index (χ3n) is 6.05. The maximum Gasteiger partial charge on any atom is 0.268 e. The molecule has 168 valence electrons. The quantitative estimate of drug-likeness (QED) is 0.305. The number of Topliss-reactive ketones (excluding diaryl/α,β-unsaturated/α-hetero) is 1. The summed E-state index contributed by atoms with van der Waals surface area (Å²) >= 11 is 3.44. The molecule has 1 aromatic heterocycles. The second-order valence-corrected chi connectivity index (χ2v) is 9.25. The summed E-state index contributed by atoms with van der Waals surface area (Å²) in [4.78, 5) is 43.3. The average molecular weight is 499 g/mol. The van der Waals surface area contributed by atoms with Crippen LogP contribution in [0.4, 0.5) is 5.69 Å². The number of halogens is 1. The van der Waals surface area contributed by atoms with Crippen LogP contribution in [0, 0.1) is 6.92 Å². The number of rotatable bonds is 7. The minimum Gasteiger partial charge on any atom is -0.351 e. The summed E-state index contributed by atoms with van der Waals surface area (Å²) in [7, 11) is 0. The van der Waals surface area contributed by atoms with Crippen LogP contribution in [0.2, 0.25) is 0 Å². The highest BCUT2D eigenvalue weighted by atomic mass is 79.9. The van der Waals surface area contributed by atoms with E-state index in [2.05, 4.69) is 36.4 Å². The SMILES string of the molecule is CC(=O)c1c(/C=C2\C(=O)Nc3ccc(Br)cc32)[nH]c(C(=O)NCCCN2CCCC2)c1C. The molecule has 0 unspecified atom stereocenters. The van der Waals surface area contributed by atoms with Crippen LogP contribution in [0.25, 0.3) is 11.6 Å². The monoisotopic (exact) mass is 498 g/mol. The molecule has 1 saturated heterocycles. The zero-order valence-electron chi connectivity index (χ0n) is 18.3. The number of aromatic nitrogens is 1. The van der Waals surface area contributed by atoms with Gasteiger partial charge in [0.1, 0.15) is 5.69 Å². The summed E-state index contributed by atoms with van der Waals surface area (Å²) in [5, 5.41) is 5.79. The molecule has 3 heterocycles. The van der Waals surface area contributed by atoms with Crippen LogP contribution in [0.3, 0.4) is 0 Å². The maximum atomic E-state index is 12.8. The molecule has 2 aliphatic heterocycles. The Bertz CT molecular complexity index is 1110. The number of ketones is 1. The number of amides is 2. The van der Waals surface area contributed by atoms with Crippen LogP contribution in [0.5, 0.6) is 0 Å². The molecule has 0 radical (unpaired) electrons. The molecule has 0 aliphatic carbocycles. The Balaban J connectivity index is 1.56. The first-order valence-electron chi connectivity index (χ1n) is 10.9. The van der Waals surface area contributed by atoms with Crippen molar-refractivity contribution in [3.05, 3.63) is 50.8 Å². The lowest BCUT2D eigenvalue weighted by Crippen LogP contribution is -2.29. The van der Waals surface area contributed by atoms with E-state index >= 15 is 0 Å². The van der Waals surface area contributed by atoms with Crippen molar-refractivity contribution in [1.29, 1.82) is 0 Å². The molecule has 3 N–H and O–H groups in total. The first-order chi connectivity index (χ1) is 15.3. The first-order valence-corrected chi connectivity index (χ1v) is 11.7. The number of likely N-dealkylation sites (tertiary alicyclic amines) is 1. The molecular formula is C24H27BrN4O3. The van der Waals surface area contributed by atoms with E-state index < -0.39 is 0 Å². The third-order valence-corrected chi connectivity index (χ3v) is 6.54. The summed E-state index contributed by atoms with van der Waals surface area (Å²) < 4.78 is 0.849. The van der Waals surface area contributed by atoms with E-state index in [1.54, 1.807) is 13.0 Å². The molecule has 2 aliphatic rings. The fourth-order valence-electron chi connectivity index (χ4n) is 4.45. The van der Waals surface area contributed by atoms with E-state index in [0.29, 0.717) is 40.3 Å². The van der Waals surface area contributed by atoms with Crippen molar-refractivity contribution in [3.8, 4) is 0 Å². The van der Waals surface area contributed by atoms with Crippen LogP contribution in [0.1, 0.15) is 63.9 Å². The van der Waals surface area contributed by atoms with Gasteiger partial charge >= 0.3 is 0 Å². The van der Waals surface area contributed by atoms with Gasteiger partial charge in [0.15, 0.2) is 5.78 Å². The number of benzene rings is 1. The molecule has 7 nitrogen and oxygen atoms in total. The van der Waals surface area contributed by atoms with Gasteiger partial charge in [0, 0.05) is 27.8 Å². The van der Waals surface area contributed by atoms with Gasteiger partial charge < -0.3 is 20.5 Å². The van der Waals surface area contributed by atoms with E-state index in [1.165, 1.54) is 19.8 Å². The number of aromatic amines is 1. The molecule has 4 rings (SSSR count). The van der Waals surface area contributed by atoms with Crippen molar-refractivity contribution in [3.63, 3.8) is 0 Å². The van der Waals surface area contributed by atoms with Crippen molar-refractivity contribution in [2.75, 3.05) is 31.5 Å². The number of carbonyl (C=O) groups excluding carboxylic acids is 3. The van der Waals surface area contributed by atoms with Crippen LogP contribution >= 0.6 is 15.9 Å². The fraction of sp³-hybridized carbons (Fsp3) is 0.375. The van der Waals surface area contributed by atoms with Gasteiger partial charge in [-0.05, 0) is 82.6 Å². The summed E-state index contributed by atoms with van der Waals surface area (Å²) in [6.07, 6.45) is 5.04. The largest absolute Gasteiger partial charge is 0.351 e. The number of carbonyl (C=O) groups is 3. The lowest BCUT2D eigenvalue weighted by molar-refractivity contribution is -0.110. The van der Waals surface area contributed by atoms with Gasteiger partial charge in [-0.25, -0.2) is 0 Å². The van der Waals surface area contributed by atoms with E-state index in [9.17, 15) is 14.4 Å². The summed E-state index contributed by atoms with van der Waals surface area (Å²) in [6, 6.07) is 5.54. The van der Waals surface area contributed by atoms with Gasteiger partial charge in [-0.3, -0.25) is 14.4 Å². The second kappa shape index (κ2) is 9.42. The van der Waals surface area contributed by atoms with Gasteiger partial charge in [0.05, 0.1) is 11.3 Å². The van der Waals surface area contributed by atoms with Crippen molar-refractivity contribution >= 4 is 50.9 Å². The topological polar surface area (TPSA) is 94.3 Å². The highest BCUT2D eigenvalue weighted by Crippen LogP contribution is 2.35. The standard InChI is InChI=1S/C24H27BrN4O3/c1-14-21(15(2)30)20(13-18-17-12-16(25)6-7-19(17)28-23(18)31)27-22(14)24(32)26-8-5-11-29-9-3-4-10-29/h6-7,12-13,27H,3-5,8-11H2,1-2H3,(H,26,32)(H,28,31)/b18-13-. The van der Waals surface area contributed by atoms with Gasteiger partial charge in [-0.1, -0.05) is 15.9 Å². The lowest BCUT2D eigenvalue weighted by Gasteiger charge is -2.14. The van der Waals surface area contributed by atoms with Crippen molar-refractivity contribution in [2.24, 2.45) is 0 Å². The van der Waals surface area contributed by atoms with E-state index in [4.69, 9.17) is 0 Å². The number of fused-ring (bicyclic) bond motifs is 1. The number of anilines is 1. The maximum absolute atomic E-state index is 12.8. The molecular weight excluding hydrogens is 472 g/mol. The molecule has 0 saturated carbocycles. The summed E-state index contributed by atoms with van der Waals surface area (Å²) in [5.41, 5.74) is 3.76. The van der Waals surface area contributed by atoms with Crippen LogP contribution < -0.4 is 10.6 Å². The van der Waals surface area contributed by atoms with Crippen molar-refractivity contribution < 1.29 is 14.4 Å². The Kier molecular flexibility index (Phi) is 6.62. The predicted octanol–water partition coefficient (Wildman–Crippen LogP) is 4.00. The van der Waals surface area contributed by atoms with Crippen LogP contribution in [0.15, 0.2) is 22.7 Å². The van der Waals surface area contributed by atoms with Crippen LogP contribution in [-0.4, -0.2) is 53.7 Å². The Morgan fingerprint density at radius 1 is 1.25 bits per heavy atom. The summed E-state index contributed by atoms with van der Waals surface area (Å²) in [6.45, 7) is 7.05. The zero-order valence-corrected chi connectivity index (χ0v) is 19.9. The predicted molar refractivity (Wildman–Crippen MR) is 129 cm³/mol. The van der Waals surface area contributed by atoms with Gasteiger partial charge in [-0.2, -0.15) is 0 Å². The minimum absolute atomic E-state index is 0.161. The van der Waals surface area contributed by atoms with Gasteiger partial charge in [0.25, 0.3) is 11.8 Å². The first kappa shape index (κ1) is 22.5. The smallest absolute Gasteiger partial charge is 0.268 e. The molecule has 1 aromatic carbocycles. The Hall–Kier alpha value is -2.71. The molecule has 0 spiro atoms. The zero-order chi connectivity index (χ0) is 22.8. The number of nitrogens with zero attached hydrogens (tertiary/aromatic N) is 1. The minimum atomic E-state index is -0.243. The Morgan fingerprint density at radius 2 is 2.00 bits per heavy atom. The number of hydrogen-bond donors (Lipinski definition) is 3. The van der Waals surface area contributed by atoms with Crippen molar-refractivity contribution in [1.82, 2.24) is 15.2 Å². The van der Waals surface area contributed by atoms with E-state index in [1.807, 2.05) is 18.2 Å².